The van der Waals surface area contributed by atoms with E-state index in [1.807, 2.05) is 13.8 Å². The van der Waals surface area contributed by atoms with Gasteiger partial charge in [-0.15, -0.1) is 0 Å². The monoisotopic (exact) mass is 205 g/mol. The second-order valence-electron chi connectivity index (χ2n) is 1.58. The Bertz CT molecular complexity index is 125. The van der Waals surface area contributed by atoms with Crippen LogP contribution < -0.4 is 6.15 Å². The summed E-state index contributed by atoms with van der Waals surface area (Å²) in [5, 5.41) is 7.12. The van der Waals surface area contributed by atoms with E-state index in [-0.39, 0.29) is 6.15 Å². The van der Waals surface area contributed by atoms with Crippen LogP contribution in [0.1, 0.15) is 13.8 Å². The van der Waals surface area contributed by atoms with E-state index in [0.717, 1.165) is 13.2 Å². The maximum atomic E-state index is 10.6. The molecule has 0 aliphatic carbocycles. The van der Waals surface area contributed by atoms with Gasteiger partial charge in [-0.1, -0.05) is 0 Å². The quantitative estimate of drug-likeness (QED) is 0.720. The third kappa shape index (κ3) is 18.3. The molecule has 0 aliphatic rings. The van der Waals surface area contributed by atoms with E-state index in [2.05, 4.69) is 0 Å². The Morgan fingerprint density at radius 2 is 1.54 bits per heavy atom. The minimum absolute atomic E-state index is 0. The number of carboxylic acids is 1. The summed E-state index contributed by atoms with van der Waals surface area (Å²) in [6.07, 6.45) is -5.08. The Kier molecular flexibility index (Phi) is 12.9. The van der Waals surface area contributed by atoms with Crippen molar-refractivity contribution < 1.29 is 27.8 Å². The van der Waals surface area contributed by atoms with Crippen LogP contribution in [0.2, 0.25) is 0 Å². The Balaban J connectivity index is -0.000000150. The first-order valence-corrected chi connectivity index (χ1v) is 3.24. The molecule has 0 atom stereocenters. The van der Waals surface area contributed by atoms with Crippen molar-refractivity contribution in [1.82, 2.24) is 6.15 Å². The van der Waals surface area contributed by atoms with Crippen LogP contribution in [0.15, 0.2) is 0 Å². The van der Waals surface area contributed by atoms with E-state index < -0.39 is 12.1 Å². The van der Waals surface area contributed by atoms with E-state index in [4.69, 9.17) is 14.6 Å². The highest BCUT2D eigenvalue weighted by molar-refractivity contribution is 5.73. The smallest absolute Gasteiger partial charge is 0.475 e. The summed E-state index contributed by atoms with van der Waals surface area (Å²) in [5.41, 5.74) is 0. The molecule has 0 aromatic heterocycles. The molecule has 0 saturated heterocycles. The van der Waals surface area contributed by atoms with Crippen molar-refractivity contribution in [3.05, 3.63) is 0 Å². The number of aliphatic carboxylic acids is 1. The summed E-state index contributed by atoms with van der Waals surface area (Å²) in [5.74, 6) is -2.76. The summed E-state index contributed by atoms with van der Waals surface area (Å²) >= 11 is 0. The van der Waals surface area contributed by atoms with Gasteiger partial charge in [0.25, 0.3) is 0 Å². The first-order valence-electron chi connectivity index (χ1n) is 3.24. The Hall–Kier alpha value is -0.820. The third-order valence-electron chi connectivity index (χ3n) is 0.651. The number of rotatable bonds is 2. The lowest BCUT2D eigenvalue weighted by Crippen LogP contribution is -2.21. The van der Waals surface area contributed by atoms with Crippen LogP contribution in [-0.2, 0) is 9.53 Å². The minimum atomic E-state index is -5.08. The molecule has 0 aliphatic heterocycles. The standard InChI is InChI=1S/C4H10O.C2HF3O2.H3N/c1-3-5-4-2;3-2(4,5)1(6)7;/h3-4H2,1-2H3;(H,6,7);1H3. The second kappa shape index (κ2) is 9.27. The van der Waals surface area contributed by atoms with Crippen molar-refractivity contribution in [2.75, 3.05) is 13.2 Å². The normalized spacial score (nSPS) is 9.31. The first-order chi connectivity index (χ1) is 5.36. The van der Waals surface area contributed by atoms with Gasteiger partial charge >= 0.3 is 12.1 Å². The Morgan fingerprint density at radius 3 is 1.54 bits per heavy atom. The zero-order chi connectivity index (χ0) is 10.2. The molecule has 4 N–H and O–H groups in total. The van der Waals surface area contributed by atoms with Gasteiger partial charge in [0.2, 0.25) is 0 Å². The number of hydrogen-bond donors (Lipinski definition) is 2. The summed E-state index contributed by atoms with van der Waals surface area (Å²) in [4.78, 5) is 8.90. The molecule has 0 heterocycles. The lowest BCUT2D eigenvalue weighted by Gasteiger charge is -1.93. The fraction of sp³-hybridized carbons (Fsp3) is 0.833. The fourth-order valence-electron chi connectivity index (χ4n) is 0.204. The molecule has 0 unspecified atom stereocenters. The molecule has 0 fully saturated rings. The highest BCUT2D eigenvalue weighted by atomic mass is 19.4. The zero-order valence-corrected chi connectivity index (χ0v) is 7.52. The van der Waals surface area contributed by atoms with Crippen molar-refractivity contribution in [2.45, 2.75) is 20.0 Å². The molecule has 0 aromatic rings. The van der Waals surface area contributed by atoms with E-state index in [0.29, 0.717) is 0 Å². The van der Waals surface area contributed by atoms with Gasteiger partial charge in [0.15, 0.2) is 0 Å². The fourth-order valence-corrected chi connectivity index (χ4v) is 0.204. The van der Waals surface area contributed by atoms with E-state index >= 15 is 0 Å². The maximum absolute atomic E-state index is 10.6. The van der Waals surface area contributed by atoms with Crippen LogP contribution in [0.5, 0.6) is 0 Å². The molecule has 4 nitrogen and oxygen atoms in total. The van der Waals surface area contributed by atoms with Crippen molar-refractivity contribution in [2.24, 2.45) is 0 Å². The Labute approximate surface area is 74.3 Å². The molecule has 0 spiro atoms. The number of carboxylic acid groups (broad SMARTS) is 1. The lowest BCUT2D eigenvalue weighted by atomic mass is 10.7. The van der Waals surface area contributed by atoms with Crippen LogP contribution in [0.4, 0.5) is 13.2 Å². The summed E-state index contributed by atoms with van der Waals surface area (Å²) < 4.78 is 36.6. The van der Waals surface area contributed by atoms with Crippen LogP contribution in [0.3, 0.4) is 0 Å². The molecule has 0 aromatic carbocycles. The van der Waals surface area contributed by atoms with E-state index in [1.165, 1.54) is 0 Å². The molecule has 0 saturated carbocycles. The number of alkyl halides is 3. The van der Waals surface area contributed by atoms with Crippen molar-refractivity contribution in [3.63, 3.8) is 0 Å². The molecule has 7 heteroatoms. The molecular weight excluding hydrogens is 191 g/mol. The molecule has 0 radical (unpaired) electrons. The van der Waals surface area contributed by atoms with Crippen molar-refractivity contribution in [3.8, 4) is 0 Å². The van der Waals surface area contributed by atoms with Gasteiger partial charge in [-0.05, 0) is 13.8 Å². The first kappa shape index (κ1) is 18.1. The molecule has 0 rings (SSSR count). The van der Waals surface area contributed by atoms with Crippen LogP contribution >= 0.6 is 0 Å². The predicted octanol–water partition coefficient (Wildman–Crippen LogP) is 1.84. The summed E-state index contributed by atoms with van der Waals surface area (Å²) in [6.45, 7) is 5.67. The van der Waals surface area contributed by atoms with Gasteiger partial charge in [-0.25, -0.2) is 4.79 Å². The number of hydrogen-bond acceptors (Lipinski definition) is 3. The highest BCUT2D eigenvalue weighted by Gasteiger charge is 2.38. The Morgan fingerprint density at radius 1 is 1.31 bits per heavy atom. The van der Waals surface area contributed by atoms with Gasteiger partial charge in [-0.3, -0.25) is 0 Å². The lowest BCUT2D eigenvalue weighted by molar-refractivity contribution is -0.192. The van der Waals surface area contributed by atoms with Gasteiger partial charge < -0.3 is 16.0 Å². The molecule has 13 heavy (non-hydrogen) atoms. The van der Waals surface area contributed by atoms with Gasteiger partial charge in [0.05, 0.1) is 0 Å². The molecular formula is C6H14F3NO3. The van der Waals surface area contributed by atoms with Crippen molar-refractivity contribution in [1.29, 1.82) is 0 Å². The maximum Gasteiger partial charge on any atom is 0.490 e. The SMILES string of the molecule is CCOCC.N.O=C(O)C(F)(F)F. The second-order valence-corrected chi connectivity index (χ2v) is 1.58. The minimum Gasteiger partial charge on any atom is -0.475 e. The summed E-state index contributed by atoms with van der Waals surface area (Å²) in [6, 6.07) is 0. The topological polar surface area (TPSA) is 81.5 Å². The van der Waals surface area contributed by atoms with Crippen molar-refractivity contribution >= 4 is 5.97 Å². The highest BCUT2D eigenvalue weighted by Crippen LogP contribution is 2.13. The average molecular weight is 205 g/mol. The van der Waals surface area contributed by atoms with E-state index in [1.54, 1.807) is 0 Å². The van der Waals surface area contributed by atoms with Gasteiger partial charge in [-0.2, -0.15) is 13.2 Å². The van der Waals surface area contributed by atoms with Crippen LogP contribution in [0.25, 0.3) is 0 Å². The molecule has 0 amide bonds. The third-order valence-corrected chi connectivity index (χ3v) is 0.651. The molecule has 0 bridgehead atoms. The number of halogens is 3. The van der Waals surface area contributed by atoms with Crippen LogP contribution in [0, 0.1) is 0 Å². The molecule has 82 valence electrons. The predicted molar refractivity (Wildman–Crippen MR) is 40.9 cm³/mol. The van der Waals surface area contributed by atoms with Gasteiger partial charge in [0, 0.05) is 13.2 Å². The largest absolute Gasteiger partial charge is 0.490 e. The number of ether oxygens (including phenoxy) is 1. The number of carbonyl (C=O) groups is 1. The zero-order valence-electron chi connectivity index (χ0n) is 7.52. The van der Waals surface area contributed by atoms with Crippen LogP contribution in [-0.4, -0.2) is 30.5 Å². The average Bonchev–Trinajstić information content (AvgIpc) is 1.88. The van der Waals surface area contributed by atoms with Gasteiger partial charge in [0.1, 0.15) is 0 Å². The summed E-state index contributed by atoms with van der Waals surface area (Å²) in [7, 11) is 0. The van der Waals surface area contributed by atoms with E-state index in [9.17, 15) is 13.2 Å².